The predicted molar refractivity (Wildman–Crippen MR) is 72.2 cm³/mol. The quantitative estimate of drug-likeness (QED) is 0.664. The topological polar surface area (TPSA) is 90.7 Å². The smallest absolute Gasteiger partial charge is 0.412 e. The number of nitro benzene ring substituents is 1. The molecule has 1 N–H and O–H groups in total. The van der Waals surface area contributed by atoms with Crippen LogP contribution in [-0.2, 0) is 11.2 Å². The lowest BCUT2D eigenvalue weighted by Gasteiger charge is -2.19. The molecule has 1 heterocycles. The Morgan fingerprint density at radius 2 is 2.15 bits per heavy atom. The molecule has 1 amide bonds. The maximum absolute atomic E-state index is 11.7. The van der Waals surface area contributed by atoms with Crippen molar-refractivity contribution < 1.29 is 19.2 Å². The van der Waals surface area contributed by atoms with Crippen molar-refractivity contribution in [1.82, 2.24) is 0 Å². The van der Waals surface area contributed by atoms with Gasteiger partial charge < -0.3 is 9.47 Å². The van der Waals surface area contributed by atoms with Crippen LogP contribution < -0.4 is 10.1 Å². The van der Waals surface area contributed by atoms with Crippen LogP contribution in [0.25, 0.3) is 0 Å². The van der Waals surface area contributed by atoms with Gasteiger partial charge in [-0.25, -0.2) is 4.79 Å². The number of carbonyl (C=O) groups excluding carboxylic acids is 1. The lowest BCUT2D eigenvalue weighted by molar-refractivity contribution is -0.384. The van der Waals surface area contributed by atoms with Crippen LogP contribution in [0.2, 0.25) is 0 Å². The summed E-state index contributed by atoms with van der Waals surface area (Å²) < 4.78 is 10.4. The molecule has 0 unspecified atom stereocenters. The third kappa shape index (κ3) is 3.17. The van der Waals surface area contributed by atoms with Crippen LogP contribution in [0, 0.1) is 10.1 Å². The monoisotopic (exact) mass is 280 g/mol. The first-order valence-corrected chi connectivity index (χ1v) is 6.20. The van der Waals surface area contributed by atoms with Gasteiger partial charge in [-0.3, -0.25) is 15.4 Å². The van der Waals surface area contributed by atoms with Gasteiger partial charge in [0, 0.05) is 24.1 Å². The summed E-state index contributed by atoms with van der Waals surface area (Å²) in [7, 11) is 0. The van der Waals surface area contributed by atoms with Crippen LogP contribution in [0.1, 0.15) is 26.3 Å². The molecule has 0 saturated heterocycles. The van der Waals surface area contributed by atoms with Gasteiger partial charge in [-0.05, 0) is 20.8 Å². The molecule has 1 aliphatic rings. The Bertz CT molecular complexity index is 563. The first-order chi connectivity index (χ1) is 9.26. The first kappa shape index (κ1) is 14.1. The average molecular weight is 280 g/mol. The Morgan fingerprint density at radius 1 is 1.45 bits per heavy atom. The summed E-state index contributed by atoms with van der Waals surface area (Å²) in [5.41, 5.74) is 0.00275. The zero-order valence-electron chi connectivity index (χ0n) is 11.6. The maximum atomic E-state index is 11.7. The van der Waals surface area contributed by atoms with Crippen molar-refractivity contribution in [1.29, 1.82) is 0 Å². The number of ether oxygens (including phenoxy) is 2. The van der Waals surface area contributed by atoms with E-state index in [0.29, 0.717) is 18.8 Å². The molecule has 1 aromatic rings. The van der Waals surface area contributed by atoms with Crippen LogP contribution in [0.5, 0.6) is 5.75 Å². The third-order valence-electron chi connectivity index (χ3n) is 2.64. The number of amides is 1. The number of hydrogen-bond donors (Lipinski definition) is 1. The van der Waals surface area contributed by atoms with Crippen LogP contribution in [-0.4, -0.2) is 23.2 Å². The molecular weight excluding hydrogens is 264 g/mol. The second-order valence-electron chi connectivity index (χ2n) is 5.46. The minimum absolute atomic E-state index is 0.0740. The second kappa shape index (κ2) is 4.99. The molecule has 0 fully saturated rings. The molecule has 2 rings (SSSR count). The zero-order valence-corrected chi connectivity index (χ0v) is 11.6. The van der Waals surface area contributed by atoms with E-state index in [1.165, 1.54) is 12.1 Å². The number of hydrogen-bond acceptors (Lipinski definition) is 5. The lowest BCUT2D eigenvalue weighted by atomic mass is 10.1. The SMILES string of the molecule is CC(C)(C)OC(=O)Nc1cc2c(cc1[N+](=O)[O-])CCO2. The fourth-order valence-corrected chi connectivity index (χ4v) is 1.88. The highest BCUT2D eigenvalue weighted by Gasteiger charge is 2.25. The number of benzene rings is 1. The molecule has 108 valence electrons. The van der Waals surface area contributed by atoms with E-state index in [9.17, 15) is 14.9 Å². The highest BCUT2D eigenvalue weighted by atomic mass is 16.6. The van der Waals surface area contributed by atoms with Gasteiger partial charge in [-0.1, -0.05) is 0 Å². The molecule has 20 heavy (non-hydrogen) atoms. The summed E-state index contributed by atoms with van der Waals surface area (Å²) in [5.74, 6) is 0.557. The van der Waals surface area contributed by atoms with Crippen molar-refractivity contribution in [3.05, 3.63) is 27.8 Å². The summed E-state index contributed by atoms with van der Waals surface area (Å²) in [6.45, 7) is 5.63. The number of nitrogens with one attached hydrogen (secondary N) is 1. The van der Waals surface area contributed by atoms with Gasteiger partial charge in [-0.15, -0.1) is 0 Å². The Kier molecular flexibility index (Phi) is 3.52. The number of rotatable bonds is 2. The molecule has 0 spiro atoms. The number of nitrogens with zero attached hydrogens (tertiary/aromatic N) is 1. The maximum Gasteiger partial charge on any atom is 0.412 e. The fourth-order valence-electron chi connectivity index (χ4n) is 1.88. The van der Waals surface area contributed by atoms with Crippen LogP contribution in [0.3, 0.4) is 0 Å². The van der Waals surface area contributed by atoms with E-state index in [-0.39, 0.29) is 11.4 Å². The van der Waals surface area contributed by atoms with Gasteiger partial charge in [0.15, 0.2) is 0 Å². The second-order valence-corrected chi connectivity index (χ2v) is 5.46. The summed E-state index contributed by atoms with van der Waals surface area (Å²) in [6.07, 6.45) is -0.110. The molecule has 7 heteroatoms. The standard InChI is InChI=1S/C13H16N2O5/c1-13(2,3)20-12(16)14-9-7-11-8(4-5-19-11)6-10(9)15(17)18/h6-7H,4-5H2,1-3H3,(H,14,16). The van der Waals surface area contributed by atoms with E-state index in [0.717, 1.165) is 5.56 Å². The molecule has 0 saturated carbocycles. The lowest BCUT2D eigenvalue weighted by Crippen LogP contribution is -2.27. The number of anilines is 1. The van der Waals surface area contributed by atoms with Crippen LogP contribution in [0.15, 0.2) is 12.1 Å². The minimum atomic E-state index is -0.737. The van der Waals surface area contributed by atoms with Crippen molar-refractivity contribution >= 4 is 17.5 Å². The summed E-state index contributed by atoms with van der Waals surface area (Å²) in [4.78, 5) is 22.2. The van der Waals surface area contributed by atoms with Gasteiger partial charge in [0.25, 0.3) is 5.69 Å². The predicted octanol–water partition coefficient (Wildman–Crippen LogP) is 2.88. The summed E-state index contributed by atoms with van der Waals surface area (Å²) in [6, 6.07) is 2.89. The van der Waals surface area contributed by atoms with E-state index in [2.05, 4.69) is 5.32 Å². The molecule has 1 aromatic carbocycles. The van der Waals surface area contributed by atoms with Gasteiger partial charge in [0.05, 0.1) is 11.5 Å². The van der Waals surface area contributed by atoms with Crippen molar-refractivity contribution in [3.63, 3.8) is 0 Å². The zero-order chi connectivity index (χ0) is 14.9. The van der Waals surface area contributed by atoms with Gasteiger partial charge in [0.1, 0.15) is 17.0 Å². The van der Waals surface area contributed by atoms with Gasteiger partial charge >= 0.3 is 6.09 Å². The van der Waals surface area contributed by atoms with E-state index >= 15 is 0 Å². The van der Waals surface area contributed by atoms with Crippen LogP contribution in [0.4, 0.5) is 16.2 Å². The molecule has 0 aromatic heterocycles. The number of carbonyl (C=O) groups is 1. The first-order valence-electron chi connectivity index (χ1n) is 6.20. The van der Waals surface area contributed by atoms with Crippen molar-refractivity contribution in [2.75, 3.05) is 11.9 Å². The normalized spacial score (nSPS) is 13.3. The highest BCUT2D eigenvalue weighted by molar-refractivity contribution is 5.88. The third-order valence-corrected chi connectivity index (χ3v) is 2.64. The molecule has 0 aliphatic carbocycles. The molecular formula is C13H16N2O5. The van der Waals surface area contributed by atoms with Crippen molar-refractivity contribution in [3.8, 4) is 5.75 Å². The Balaban J connectivity index is 2.26. The van der Waals surface area contributed by atoms with Crippen LogP contribution >= 0.6 is 0 Å². The molecule has 0 radical (unpaired) electrons. The molecule has 7 nitrogen and oxygen atoms in total. The molecule has 0 bridgehead atoms. The fraction of sp³-hybridized carbons (Fsp3) is 0.462. The van der Waals surface area contributed by atoms with E-state index in [1.807, 2.05) is 0 Å². The van der Waals surface area contributed by atoms with Gasteiger partial charge in [0.2, 0.25) is 0 Å². The average Bonchev–Trinajstić information content (AvgIpc) is 2.71. The van der Waals surface area contributed by atoms with E-state index in [1.54, 1.807) is 20.8 Å². The van der Waals surface area contributed by atoms with Crippen molar-refractivity contribution in [2.24, 2.45) is 0 Å². The summed E-state index contributed by atoms with van der Waals surface area (Å²) in [5, 5.41) is 13.5. The highest BCUT2D eigenvalue weighted by Crippen LogP contribution is 2.36. The Hall–Kier alpha value is -2.31. The Labute approximate surface area is 116 Å². The van der Waals surface area contributed by atoms with E-state index < -0.39 is 16.6 Å². The largest absolute Gasteiger partial charge is 0.493 e. The minimum Gasteiger partial charge on any atom is -0.493 e. The molecule has 1 aliphatic heterocycles. The summed E-state index contributed by atoms with van der Waals surface area (Å²) >= 11 is 0. The molecule has 0 atom stereocenters. The number of fused-ring (bicyclic) bond motifs is 1. The number of nitro groups is 1. The Morgan fingerprint density at radius 3 is 2.75 bits per heavy atom. The van der Waals surface area contributed by atoms with Crippen molar-refractivity contribution in [2.45, 2.75) is 32.8 Å². The van der Waals surface area contributed by atoms with E-state index in [4.69, 9.17) is 9.47 Å². The van der Waals surface area contributed by atoms with Gasteiger partial charge in [-0.2, -0.15) is 0 Å².